The third-order valence-electron chi connectivity index (χ3n) is 15.9. The van der Waals surface area contributed by atoms with E-state index >= 15 is 0 Å². The van der Waals surface area contributed by atoms with Gasteiger partial charge in [-0.25, -0.2) is 9.13 Å². The van der Waals surface area contributed by atoms with Crippen molar-refractivity contribution in [3.05, 3.63) is 0 Å². The molecular weight excluding hydrogens is 1150 g/mol. The second kappa shape index (κ2) is 57.9. The highest BCUT2D eigenvalue weighted by Gasteiger charge is 2.30. The van der Waals surface area contributed by atoms with Crippen molar-refractivity contribution < 1.29 is 80.2 Å². The van der Waals surface area contributed by atoms with Crippen LogP contribution in [0.15, 0.2) is 0 Å². The van der Waals surface area contributed by atoms with Crippen LogP contribution in [0.4, 0.5) is 0 Å². The van der Waals surface area contributed by atoms with Gasteiger partial charge in [-0.1, -0.05) is 280 Å². The first-order valence-corrected chi connectivity index (χ1v) is 38.2. The monoisotopic (exact) mass is 1280 g/mol. The lowest BCUT2D eigenvalue weighted by Gasteiger charge is -2.21. The quantitative estimate of drug-likeness (QED) is 0.0222. The van der Waals surface area contributed by atoms with Gasteiger partial charge in [-0.15, -0.1) is 0 Å². The van der Waals surface area contributed by atoms with Crippen LogP contribution in [-0.2, 0) is 65.4 Å². The molecule has 0 aliphatic heterocycles. The van der Waals surface area contributed by atoms with Gasteiger partial charge in [0.2, 0.25) is 0 Å². The molecule has 3 N–H and O–H groups in total. The molecule has 0 aromatic heterocycles. The van der Waals surface area contributed by atoms with Crippen molar-refractivity contribution in [2.45, 2.75) is 350 Å². The molecular formula is C68H132O17P2. The van der Waals surface area contributed by atoms with Gasteiger partial charge in [-0.05, 0) is 49.4 Å². The number of aliphatic hydroxyl groups excluding tert-OH is 1. The van der Waals surface area contributed by atoms with Crippen LogP contribution in [0.3, 0.4) is 0 Å². The number of carbonyl (C=O) groups is 4. The summed E-state index contributed by atoms with van der Waals surface area (Å²) in [5.41, 5.74) is 0. The number of hydrogen-bond acceptors (Lipinski definition) is 15. The van der Waals surface area contributed by atoms with Gasteiger partial charge in [-0.2, -0.15) is 0 Å². The molecule has 0 aliphatic carbocycles. The minimum atomic E-state index is -4.95. The summed E-state index contributed by atoms with van der Waals surface area (Å²) in [5.74, 6) is 0.824. The summed E-state index contributed by atoms with van der Waals surface area (Å²) in [7, 11) is -9.90. The van der Waals surface area contributed by atoms with Crippen LogP contribution in [0, 0.1) is 23.7 Å². The summed E-state index contributed by atoms with van der Waals surface area (Å²) in [6, 6.07) is 0. The number of unbranched alkanes of at least 4 members (excludes halogenated alkanes) is 30. The molecule has 0 bridgehead atoms. The lowest BCUT2D eigenvalue weighted by Crippen LogP contribution is -2.30. The first-order valence-electron chi connectivity index (χ1n) is 35.2. The van der Waals surface area contributed by atoms with Gasteiger partial charge in [0.25, 0.3) is 0 Å². The van der Waals surface area contributed by atoms with Crippen molar-refractivity contribution >= 4 is 39.5 Å². The first kappa shape index (κ1) is 85.1. The van der Waals surface area contributed by atoms with Crippen LogP contribution < -0.4 is 0 Å². The SMILES string of the molecule is CCC(C)CCCCCCCCCCC(=O)OC[C@H](COP(=O)(O)OC[C@@H](O)COP(=O)(O)OC[C@@H](COC(=O)CCCCCCCCC(C)C)OC(=O)CCCCCCCCCCCCCC(C)C)OC(=O)CCCCCCCCCCCC(C)C. The maximum Gasteiger partial charge on any atom is 0.472 e. The normalized spacial score (nSPS) is 14.6. The van der Waals surface area contributed by atoms with Gasteiger partial charge >= 0.3 is 39.5 Å². The van der Waals surface area contributed by atoms with E-state index in [1.54, 1.807) is 0 Å². The summed E-state index contributed by atoms with van der Waals surface area (Å²) < 4.78 is 68.2. The van der Waals surface area contributed by atoms with Crippen molar-refractivity contribution in [3.63, 3.8) is 0 Å². The maximum atomic E-state index is 13.0. The van der Waals surface area contributed by atoms with Crippen molar-refractivity contribution in [1.82, 2.24) is 0 Å². The van der Waals surface area contributed by atoms with Crippen molar-refractivity contribution in [1.29, 1.82) is 0 Å². The van der Waals surface area contributed by atoms with Crippen LogP contribution in [0.25, 0.3) is 0 Å². The molecule has 0 spiro atoms. The molecule has 6 atom stereocenters. The number of aliphatic hydroxyl groups is 1. The minimum absolute atomic E-state index is 0.104. The fourth-order valence-electron chi connectivity index (χ4n) is 10.1. The topological polar surface area (TPSA) is 237 Å². The Morgan fingerprint density at radius 1 is 0.322 bits per heavy atom. The summed E-state index contributed by atoms with van der Waals surface area (Å²) in [4.78, 5) is 72.4. The highest BCUT2D eigenvalue weighted by Crippen LogP contribution is 2.45. The van der Waals surface area contributed by atoms with E-state index < -0.39 is 97.5 Å². The molecule has 0 saturated heterocycles. The zero-order valence-corrected chi connectivity index (χ0v) is 58.4. The van der Waals surface area contributed by atoms with E-state index in [1.807, 2.05) is 0 Å². The average Bonchev–Trinajstić information content (AvgIpc) is 3.69. The Balaban J connectivity index is 5.26. The van der Waals surface area contributed by atoms with Gasteiger partial charge in [0.15, 0.2) is 12.2 Å². The van der Waals surface area contributed by atoms with E-state index in [9.17, 15) is 43.2 Å². The van der Waals surface area contributed by atoms with Crippen LogP contribution in [0.1, 0.15) is 331 Å². The number of phosphoric acid groups is 2. The van der Waals surface area contributed by atoms with E-state index in [1.165, 1.54) is 128 Å². The number of phosphoric ester groups is 2. The van der Waals surface area contributed by atoms with Gasteiger partial charge in [0, 0.05) is 25.7 Å². The fourth-order valence-corrected chi connectivity index (χ4v) is 11.7. The summed E-state index contributed by atoms with van der Waals surface area (Å²) in [6.07, 6.45) is 39.0. The van der Waals surface area contributed by atoms with E-state index in [0.29, 0.717) is 31.6 Å². The Morgan fingerprint density at radius 3 is 0.816 bits per heavy atom. The van der Waals surface area contributed by atoms with E-state index in [4.69, 9.17) is 37.0 Å². The van der Waals surface area contributed by atoms with Crippen molar-refractivity contribution in [2.24, 2.45) is 23.7 Å². The molecule has 0 heterocycles. The fraction of sp³-hybridized carbons (Fsp3) is 0.941. The predicted octanol–water partition coefficient (Wildman–Crippen LogP) is 18.9. The predicted molar refractivity (Wildman–Crippen MR) is 349 cm³/mol. The van der Waals surface area contributed by atoms with E-state index in [-0.39, 0.29) is 25.7 Å². The largest absolute Gasteiger partial charge is 0.472 e. The number of rotatable bonds is 65. The van der Waals surface area contributed by atoms with Crippen LogP contribution in [-0.4, -0.2) is 96.7 Å². The van der Waals surface area contributed by atoms with E-state index in [2.05, 4.69) is 55.4 Å². The second-order valence-corrected chi connectivity index (χ2v) is 29.1. The maximum absolute atomic E-state index is 13.0. The number of hydrogen-bond donors (Lipinski definition) is 3. The molecule has 17 nitrogen and oxygen atoms in total. The standard InChI is InChI=1S/C68H132O17P2/c1-9-61(8)47-39-31-22-18-19-23-32-40-48-65(70)78-54-63(84-68(73)51-43-35-25-17-13-15-21-29-37-45-59(4)5)56-82-86(74,75)80-52-62(69)53-81-87(76,77)83-57-64(55-79-66(71)49-41-33-27-26-30-38-46-60(6)7)85-67(72)50-42-34-24-16-12-10-11-14-20-28-36-44-58(2)3/h58-64,69H,9-57H2,1-8H3,(H,74,75)(H,76,77)/t61?,62-,63-,64-/m1/s1. The van der Waals surface area contributed by atoms with Crippen molar-refractivity contribution in [2.75, 3.05) is 39.6 Å². The molecule has 0 rings (SSSR count). The Hall–Kier alpha value is -1.94. The van der Waals surface area contributed by atoms with Gasteiger partial charge in [0.1, 0.15) is 19.3 Å². The second-order valence-electron chi connectivity index (χ2n) is 26.2. The van der Waals surface area contributed by atoms with Crippen LogP contribution >= 0.6 is 15.6 Å². The number of esters is 4. The van der Waals surface area contributed by atoms with Crippen LogP contribution in [0.5, 0.6) is 0 Å². The average molecular weight is 1280 g/mol. The van der Waals surface area contributed by atoms with Gasteiger partial charge in [0.05, 0.1) is 26.4 Å². The summed E-state index contributed by atoms with van der Waals surface area (Å²) >= 11 is 0. The molecule has 19 heteroatoms. The molecule has 0 aromatic rings. The molecule has 516 valence electrons. The molecule has 0 amide bonds. The smallest absolute Gasteiger partial charge is 0.462 e. The first-order chi connectivity index (χ1) is 41.6. The lowest BCUT2D eigenvalue weighted by molar-refractivity contribution is -0.161. The Kier molecular flexibility index (Phi) is 56.6. The zero-order valence-electron chi connectivity index (χ0n) is 56.6. The summed E-state index contributed by atoms with van der Waals surface area (Å²) in [6.45, 7) is 14.0. The highest BCUT2D eigenvalue weighted by molar-refractivity contribution is 7.47. The van der Waals surface area contributed by atoms with Crippen LogP contribution in [0.2, 0.25) is 0 Å². The molecule has 3 unspecified atom stereocenters. The van der Waals surface area contributed by atoms with Gasteiger partial charge in [-0.3, -0.25) is 37.3 Å². The Bertz CT molecular complexity index is 1730. The molecule has 0 aromatic carbocycles. The third-order valence-corrected chi connectivity index (χ3v) is 17.8. The molecule has 0 fully saturated rings. The number of ether oxygens (including phenoxy) is 4. The Morgan fingerprint density at radius 2 is 0.552 bits per heavy atom. The molecule has 87 heavy (non-hydrogen) atoms. The third kappa shape index (κ3) is 61.3. The highest BCUT2D eigenvalue weighted by atomic mass is 31.2. The lowest BCUT2D eigenvalue weighted by atomic mass is 9.99. The molecule has 0 aliphatic rings. The molecule has 0 radical (unpaired) electrons. The number of carbonyl (C=O) groups excluding carboxylic acids is 4. The van der Waals surface area contributed by atoms with E-state index in [0.717, 1.165) is 114 Å². The van der Waals surface area contributed by atoms with Crippen molar-refractivity contribution in [3.8, 4) is 0 Å². The minimum Gasteiger partial charge on any atom is -0.462 e. The molecule has 0 saturated carbocycles. The van der Waals surface area contributed by atoms with Gasteiger partial charge < -0.3 is 33.8 Å². The Labute approximate surface area is 530 Å². The summed E-state index contributed by atoms with van der Waals surface area (Å²) in [5, 5.41) is 10.6. The zero-order chi connectivity index (χ0) is 64.7.